The Hall–Kier alpha value is -4.56. The van der Waals surface area contributed by atoms with Crippen molar-refractivity contribution in [1.29, 1.82) is 0 Å². The summed E-state index contributed by atoms with van der Waals surface area (Å²) in [6.07, 6.45) is 1.25. The lowest BCUT2D eigenvalue weighted by molar-refractivity contribution is -0.128. The molecule has 0 saturated carbocycles. The monoisotopic (exact) mass is 830 g/mol. The van der Waals surface area contributed by atoms with E-state index in [4.69, 9.17) is 0 Å². The molecule has 0 unspecified atom stereocenters. The molecule has 1 saturated heterocycles. The minimum atomic E-state index is -4.43. The van der Waals surface area contributed by atoms with Gasteiger partial charge in [0.1, 0.15) is 11.8 Å². The van der Waals surface area contributed by atoms with Crippen molar-refractivity contribution in [3.05, 3.63) is 82.7 Å². The van der Waals surface area contributed by atoms with Crippen LogP contribution in [0.2, 0.25) is 0 Å². The summed E-state index contributed by atoms with van der Waals surface area (Å²) in [5, 5.41) is 27.8. The van der Waals surface area contributed by atoms with Crippen molar-refractivity contribution in [3.63, 3.8) is 0 Å². The highest BCUT2D eigenvalue weighted by molar-refractivity contribution is 7.92. The molecule has 5 rings (SSSR count). The summed E-state index contributed by atoms with van der Waals surface area (Å²) in [6.45, 7) is 9.76. The Bertz CT molecular complexity index is 2210. The molecule has 1 aliphatic rings. The molecule has 0 radical (unpaired) electrons. The number of hydrogen-bond acceptors (Lipinski definition) is 11. The molecule has 16 nitrogen and oxygen atoms in total. The maximum Gasteiger partial charge on any atom is 0.321 e. The largest absolute Gasteiger partial charge is 0.506 e. The number of aromatic hydroxyl groups is 1. The molecule has 19 heteroatoms. The van der Waals surface area contributed by atoms with Crippen molar-refractivity contribution >= 4 is 49.0 Å². The topological polar surface area (TPSA) is 207 Å². The predicted molar refractivity (Wildman–Crippen MR) is 212 cm³/mol. The maximum atomic E-state index is 14.3. The first kappa shape index (κ1) is 42.6. The number of amides is 3. The molecule has 3 amide bonds. The van der Waals surface area contributed by atoms with E-state index < -0.39 is 56.4 Å². The number of phenols is 1. The Balaban J connectivity index is 1.39. The van der Waals surface area contributed by atoms with E-state index in [9.17, 15) is 36.6 Å². The van der Waals surface area contributed by atoms with Gasteiger partial charge in [0, 0.05) is 44.8 Å². The molecular weight excluding hydrogens is 781 g/mol. The highest BCUT2D eigenvalue weighted by Crippen LogP contribution is 2.31. The predicted octanol–water partition coefficient (Wildman–Crippen LogP) is 3.39. The van der Waals surface area contributed by atoms with E-state index >= 15 is 0 Å². The van der Waals surface area contributed by atoms with Crippen LogP contribution in [0.25, 0.3) is 0 Å². The smallest absolute Gasteiger partial charge is 0.321 e. The van der Waals surface area contributed by atoms with Gasteiger partial charge in [0.2, 0.25) is 15.9 Å². The third-order valence-electron chi connectivity index (χ3n) is 9.24. The molecule has 1 fully saturated rings. The van der Waals surface area contributed by atoms with E-state index in [0.717, 1.165) is 38.8 Å². The van der Waals surface area contributed by atoms with Gasteiger partial charge >= 0.3 is 6.03 Å². The van der Waals surface area contributed by atoms with Crippen molar-refractivity contribution in [2.45, 2.75) is 75.7 Å². The molecule has 4 aromatic rings. The summed E-state index contributed by atoms with van der Waals surface area (Å²) in [6, 6.07) is 10.2. The normalized spacial score (nSPS) is 15.5. The lowest BCUT2D eigenvalue weighted by atomic mass is 9.97. The summed E-state index contributed by atoms with van der Waals surface area (Å²) in [5.41, 5.74) is 1.17. The number of imidazole rings is 1. The molecule has 0 aliphatic carbocycles. The zero-order valence-corrected chi connectivity index (χ0v) is 34.7. The number of sulfonamides is 2. The molecule has 1 aliphatic heterocycles. The van der Waals surface area contributed by atoms with Crippen LogP contribution in [0.15, 0.2) is 76.4 Å². The van der Waals surface area contributed by atoms with Gasteiger partial charge in [0.05, 0.1) is 46.3 Å². The fourth-order valence-electron chi connectivity index (χ4n) is 6.55. The average Bonchev–Trinajstić information content (AvgIpc) is 3.85. The minimum absolute atomic E-state index is 0.0352. The quantitative estimate of drug-likeness (QED) is 0.108. The van der Waals surface area contributed by atoms with Crippen LogP contribution in [0.3, 0.4) is 0 Å². The van der Waals surface area contributed by atoms with Gasteiger partial charge in [-0.25, -0.2) is 23.2 Å². The number of carbonyl (C=O) groups excluding carboxylic acids is 2. The number of aryl methyl sites for hydroxylation is 2. The van der Waals surface area contributed by atoms with Crippen molar-refractivity contribution < 1.29 is 36.6 Å². The van der Waals surface area contributed by atoms with Crippen LogP contribution in [0.5, 0.6) is 5.75 Å². The summed E-state index contributed by atoms with van der Waals surface area (Å²) in [7, 11) is -7.13. The number of thiazole rings is 1. The Morgan fingerprint density at radius 2 is 1.75 bits per heavy atom. The third kappa shape index (κ3) is 10.2. The molecule has 3 atom stereocenters. The Morgan fingerprint density at radius 3 is 2.36 bits per heavy atom. The van der Waals surface area contributed by atoms with Crippen LogP contribution >= 0.6 is 11.3 Å². The summed E-state index contributed by atoms with van der Waals surface area (Å²) >= 11 is 1.50. The Morgan fingerprint density at radius 1 is 1.04 bits per heavy atom. The molecule has 2 aromatic carbocycles. The number of aliphatic hydroxyl groups is 1. The van der Waals surface area contributed by atoms with Crippen molar-refractivity contribution in [3.8, 4) is 5.75 Å². The molecule has 0 bridgehead atoms. The van der Waals surface area contributed by atoms with Gasteiger partial charge in [-0.15, -0.1) is 11.3 Å². The van der Waals surface area contributed by atoms with E-state index in [1.54, 1.807) is 25.8 Å². The number of aliphatic hydroxyl groups excluding tert-OH is 1. The highest BCUT2D eigenvalue weighted by atomic mass is 32.2. The summed E-state index contributed by atoms with van der Waals surface area (Å²) < 4.78 is 59.3. The molecule has 2 aromatic heterocycles. The Labute approximate surface area is 332 Å². The lowest BCUT2D eigenvalue weighted by Crippen LogP contribution is -2.57. The number of benzene rings is 2. The molecule has 304 valence electrons. The van der Waals surface area contributed by atoms with E-state index in [2.05, 4.69) is 20.0 Å². The van der Waals surface area contributed by atoms with Crippen LogP contribution in [0.1, 0.15) is 44.0 Å². The second-order valence-electron chi connectivity index (χ2n) is 14.7. The van der Waals surface area contributed by atoms with E-state index in [1.807, 2.05) is 56.5 Å². The standard InChI is InChI=1S/C37H50N8O8S3/c1-24(2)18-44(56(52,53)29-12-13-32(46)31(17-29)41-55(50,51)34-21-42(6)23-38-34)20-33(47)30(16-27-10-8-7-9-11-27)40-36(48)35(25(3)4)45-15-14-43(37(45)49)19-28-22-54-26(5)39-28/h7-13,17,21-25,30,33,35,41,46-47H,14-16,18-20H2,1-6H3,(H,40,48)/t30-,33-,35-/m0/s1. The number of nitrogens with zero attached hydrogens (tertiary/aromatic N) is 6. The molecule has 3 heterocycles. The number of rotatable bonds is 18. The number of carbonyl (C=O) groups is 2. The second kappa shape index (κ2) is 17.7. The molecule has 4 N–H and O–H groups in total. The summed E-state index contributed by atoms with van der Waals surface area (Å²) in [4.78, 5) is 39.0. The first-order chi connectivity index (χ1) is 26.3. The highest BCUT2D eigenvalue weighted by Gasteiger charge is 2.41. The first-order valence-electron chi connectivity index (χ1n) is 18.2. The molecule has 56 heavy (non-hydrogen) atoms. The number of anilines is 1. The van der Waals surface area contributed by atoms with Gasteiger partial charge in [-0.3, -0.25) is 9.52 Å². The lowest BCUT2D eigenvalue weighted by Gasteiger charge is -2.34. The van der Waals surface area contributed by atoms with Crippen molar-refractivity contribution in [2.75, 3.05) is 30.9 Å². The van der Waals surface area contributed by atoms with Gasteiger partial charge in [-0.05, 0) is 48.9 Å². The van der Waals surface area contributed by atoms with Crippen molar-refractivity contribution in [2.24, 2.45) is 18.9 Å². The van der Waals surface area contributed by atoms with Crippen LogP contribution < -0.4 is 10.0 Å². The third-order valence-corrected chi connectivity index (χ3v) is 13.1. The van der Waals surface area contributed by atoms with Crippen molar-refractivity contribution in [1.82, 2.24) is 34.0 Å². The van der Waals surface area contributed by atoms with Gasteiger partial charge < -0.3 is 29.9 Å². The average molecular weight is 831 g/mol. The van der Waals surface area contributed by atoms with E-state index in [-0.39, 0.29) is 46.4 Å². The van der Waals surface area contributed by atoms with E-state index in [0.29, 0.717) is 19.6 Å². The van der Waals surface area contributed by atoms with Crippen LogP contribution in [0, 0.1) is 18.8 Å². The molecule has 0 spiro atoms. The Kier molecular flexibility index (Phi) is 13.5. The van der Waals surface area contributed by atoms with Gasteiger partial charge in [-0.2, -0.15) is 12.7 Å². The van der Waals surface area contributed by atoms with Crippen LogP contribution in [-0.2, 0) is 44.9 Å². The summed E-state index contributed by atoms with van der Waals surface area (Å²) in [5.74, 6) is -1.50. The minimum Gasteiger partial charge on any atom is -0.506 e. The number of hydrogen-bond donors (Lipinski definition) is 4. The molecular formula is C37H50N8O8S3. The zero-order valence-electron chi connectivity index (χ0n) is 32.2. The number of aromatic nitrogens is 3. The van der Waals surface area contributed by atoms with Gasteiger partial charge in [0.25, 0.3) is 10.0 Å². The van der Waals surface area contributed by atoms with Gasteiger partial charge in [-0.1, -0.05) is 58.0 Å². The zero-order chi connectivity index (χ0) is 40.9. The second-order valence-corrected chi connectivity index (χ2v) is 19.3. The SMILES string of the molecule is Cc1nc(CN2CCN([C@H](C(=O)N[C@@H](Cc3ccccc3)[C@@H](O)CN(CC(C)C)S(=O)(=O)c3ccc(O)c(NS(=O)(=O)c4cn(C)cn4)c3)C(C)C)C2=O)cs1. The number of urea groups is 1. The van der Waals surface area contributed by atoms with Crippen LogP contribution in [-0.4, -0.2) is 112 Å². The first-order valence-corrected chi connectivity index (χ1v) is 22.0. The number of nitrogens with one attached hydrogen (secondary N) is 2. The number of phenolic OH excluding ortho intramolecular Hbond substituents is 1. The fourth-order valence-corrected chi connectivity index (χ4v) is 9.85. The van der Waals surface area contributed by atoms with Gasteiger partial charge in [0.15, 0.2) is 5.03 Å². The fraction of sp³-hybridized carbons (Fsp3) is 0.459. The van der Waals surface area contributed by atoms with E-state index in [1.165, 1.54) is 33.3 Å². The maximum absolute atomic E-state index is 14.3. The van der Waals surface area contributed by atoms with Crippen LogP contribution in [0.4, 0.5) is 10.5 Å².